The van der Waals surface area contributed by atoms with Gasteiger partial charge < -0.3 is 20.3 Å². The Balaban J connectivity index is 0.00000300. The molecule has 1 aromatic carbocycles. The van der Waals surface area contributed by atoms with Crippen molar-refractivity contribution in [3.63, 3.8) is 0 Å². The van der Waals surface area contributed by atoms with Gasteiger partial charge in [-0.1, -0.05) is 37.2 Å². The topological polar surface area (TPSA) is 116 Å². The number of rotatable bonds is 8. The monoisotopic (exact) mass is 417 g/mol. The van der Waals surface area contributed by atoms with Gasteiger partial charge in [0.2, 0.25) is 17.6 Å². The van der Waals surface area contributed by atoms with E-state index in [1.807, 2.05) is 50.2 Å². The molecule has 0 saturated carbocycles. The summed E-state index contributed by atoms with van der Waals surface area (Å²) >= 11 is 0. The minimum atomic E-state index is -0.573. The zero-order valence-corrected chi connectivity index (χ0v) is 17.1. The van der Waals surface area contributed by atoms with Gasteiger partial charge in [0, 0.05) is 23.5 Å². The first-order valence-corrected chi connectivity index (χ1v) is 9.01. The van der Waals surface area contributed by atoms with Gasteiger partial charge in [-0.2, -0.15) is 4.98 Å². The Morgan fingerprint density at radius 3 is 2.83 bits per heavy atom. The highest BCUT2D eigenvalue weighted by atomic mass is 35.5. The number of amides is 1. The fourth-order valence-corrected chi connectivity index (χ4v) is 2.40. The Labute approximate surface area is 175 Å². The van der Waals surface area contributed by atoms with E-state index in [9.17, 15) is 4.79 Å². The number of carbonyl (C=O) groups excluding carboxylic acids is 1. The lowest BCUT2D eigenvalue weighted by Gasteiger charge is -2.14. The van der Waals surface area contributed by atoms with Gasteiger partial charge >= 0.3 is 0 Å². The lowest BCUT2D eigenvalue weighted by molar-refractivity contribution is -0.123. The quantitative estimate of drug-likeness (QED) is 0.578. The standard InChI is InChI=1S/C20H23N5O3.ClH/c1-13(2)18(21)20(26)23-11-17-24-19(25-28-17)15-6-3-7-16(9-15)27-12-14-5-4-8-22-10-14;/h3-10,13,18H,11-12,21H2,1-2H3,(H,23,26);1H/t18-;/m0./s1. The van der Waals surface area contributed by atoms with Gasteiger partial charge in [0.1, 0.15) is 12.4 Å². The van der Waals surface area contributed by atoms with Crippen molar-refractivity contribution in [3.05, 3.63) is 60.2 Å². The van der Waals surface area contributed by atoms with Crippen LogP contribution in [0.4, 0.5) is 0 Å². The molecule has 0 aliphatic heterocycles. The van der Waals surface area contributed by atoms with Crippen LogP contribution in [0.3, 0.4) is 0 Å². The molecule has 0 aliphatic rings. The third-order valence-corrected chi connectivity index (χ3v) is 4.12. The number of carbonyl (C=O) groups is 1. The number of ether oxygens (including phenoxy) is 1. The molecule has 0 unspecified atom stereocenters. The summed E-state index contributed by atoms with van der Waals surface area (Å²) in [4.78, 5) is 20.3. The van der Waals surface area contributed by atoms with Crippen LogP contribution in [0.15, 0.2) is 53.3 Å². The highest BCUT2D eigenvalue weighted by Crippen LogP contribution is 2.22. The molecule has 0 fully saturated rings. The SMILES string of the molecule is CC(C)[C@H](N)C(=O)NCc1nc(-c2cccc(OCc3cccnc3)c2)no1.Cl. The van der Waals surface area contributed by atoms with Crippen LogP contribution in [0.1, 0.15) is 25.3 Å². The van der Waals surface area contributed by atoms with Crippen molar-refractivity contribution in [2.24, 2.45) is 11.7 Å². The van der Waals surface area contributed by atoms with Crippen molar-refractivity contribution in [2.45, 2.75) is 33.0 Å². The average molecular weight is 418 g/mol. The van der Waals surface area contributed by atoms with E-state index < -0.39 is 6.04 Å². The molecule has 3 N–H and O–H groups in total. The molecule has 0 radical (unpaired) electrons. The lowest BCUT2D eigenvalue weighted by Crippen LogP contribution is -2.43. The van der Waals surface area contributed by atoms with Crippen LogP contribution in [0.2, 0.25) is 0 Å². The molecule has 1 atom stereocenters. The number of hydrogen-bond donors (Lipinski definition) is 2. The first-order chi connectivity index (χ1) is 13.5. The second kappa shape index (κ2) is 10.5. The van der Waals surface area contributed by atoms with Crippen LogP contribution in [0.5, 0.6) is 5.75 Å². The average Bonchev–Trinajstić information content (AvgIpc) is 3.20. The van der Waals surface area contributed by atoms with Gasteiger partial charge in [-0.05, 0) is 24.1 Å². The number of nitrogens with one attached hydrogen (secondary N) is 1. The van der Waals surface area contributed by atoms with Crippen molar-refractivity contribution in [1.82, 2.24) is 20.4 Å². The van der Waals surface area contributed by atoms with E-state index in [0.29, 0.717) is 24.1 Å². The van der Waals surface area contributed by atoms with Crippen LogP contribution >= 0.6 is 12.4 Å². The van der Waals surface area contributed by atoms with Gasteiger partial charge in [0.15, 0.2) is 0 Å². The van der Waals surface area contributed by atoms with E-state index in [4.69, 9.17) is 15.0 Å². The Morgan fingerprint density at radius 2 is 2.10 bits per heavy atom. The molecule has 29 heavy (non-hydrogen) atoms. The van der Waals surface area contributed by atoms with Crippen molar-refractivity contribution >= 4 is 18.3 Å². The molecule has 0 spiro atoms. The number of pyridine rings is 1. The number of aromatic nitrogens is 3. The maximum Gasteiger partial charge on any atom is 0.246 e. The van der Waals surface area contributed by atoms with Crippen molar-refractivity contribution < 1.29 is 14.1 Å². The summed E-state index contributed by atoms with van der Waals surface area (Å²) in [5.74, 6) is 1.21. The molecule has 9 heteroatoms. The van der Waals surface area contributed by atoms with Crippen molar-refractivity contribution in [2.75, 3.05) is 0 Å². The van der Waals surface area contributed by atoms with Crippen molar-refractivity contribution in [3.8, 4) is 17.1 Å². The Hall–Kier alpha value is -2.97. The van der Waals surface area contributed by atoms with Gasteiger partial charge in [0.05, 0.1) is 12.6 Å². The van der Waals surface area contributed by atoms with Gasteiger partial charge in [-0.15, -0.1) is 12.4 Å². The van der Waals surface area contributed by atoms with E-state index in [0.717, 1.165) is 11.1 Å². The molecule has 3 rings (SSSR count). The summed E-state index contributed by atoms with van der Waals surface area (Å²) in [6.45, 7) is 4.32. The third kappa shape index (κ3) is 6.27. The largest absolute Gasteiger partial charge is 0.489 e. The highest BCUT2D eigenvalue weighted by molar-refractivity contribution is 5.85. The van der Waals surface area contributed by atoms with Crippen molar-refractivity contribution in [1.29, 1.82) is 0 Å². The summed E-state index contributed by atoms with van der Waals surface area (Å²) < 4.78 is 11.0. The predicted octanol–water partition coefficient (Wildman–Crippen LogP) is 2.73. The van der Waals surface area contributed by atoms with E-state index in [1.165, 1.54) is 0 Å². The van der Waals surface area contributed by atoms with Crippen LogP contribution < -0.4 is 15.8 Å². The Morgan fingerprint density at radius 1 is 1.28 bits per heavy atom. The molecule has 2 heterocycles. The molecule has 0 bridgehead atoms. The molecule has 2 aromatic heterocycles. The Kier molecular flexibility index (Phi) is 8.11. The van der Waals surface area contributed by atoms with Crippen LogP contribution in [0, 0.1) is 5.92 Å². The fraction of sp³-hybridized carbons (Fsp3) is 0.300. The molecular weight excluding hydrogens is 394 g/mol. The zero-order chi connectivity index (χ0) is 19.9. The van der Waals surface area contributed by atoms with E-state index in [2.05, 4.69) is 20.4 Å². The molecule has 154 valence electrons. The summed E-state index contributed by atoms with van der Waals surface area (Å²) in [5.41, 5.74) is 7.54. The number of hydrogen-bond acceptors (Lipinski definition) is 7. The third-order valence-electron chi connectivity index (χ3n) is 4.12. The summed E-state index contributed by atoms with van der Waals surface area (Å²) in [6, 6.07) is 10.6. The first kappa shape index (κ1) is 22.3. The maximum atomic E-state index is 11.9. The molecule has 1 amide bonds. The normalized spacial score (nSPS) is 11.6. The molecule has 0 aliphatic carbocycles. The lowest BCUT2D eigenvalue weighted by atomic mass is 10.1. The minimum absolute atomic E-state index is 0. The summed E-state index contributed by atoms with van der Waals surface area (Å²) in [7, 11) is 0. The second-order valence-corrected chi connectivity index (χ2v) is 6.68. The number of nitrogens with zero attached hydrogens (tertiary/aromatic N) is 3. The fourth-order valence-electron chi connectivity index (χ4n) is 2.40. The van der Waals surface area contributed by atoms with Crippen LogP contribution in [-0.2, 0) is 17.9 Å². The minimum Gasteiger partial charge on any atom is -0.489 e. The predicted molar refractivity (Wildman–Crippen MR) is 110 cm³/mol. The maximum absolute atomic E-state index is 11.9. The first-order valence-electron chi connectivity index (χ1n) is 9.01. The van der Waals surface area contributed by atoms with E-state index >= 15 is 0 Å². The van der Waals surface area contributed by atoms with Gasteiger partial charge in [-0.25, -0.2) is 0 Å². The van der Waals surface area contributed by atoms with Crippen LogP contribution in [-0.4, -0.2) is 27.1 Å². The molecule has 0 saturated heterocycles. The highest BCUT2D eigenvalue weighted by Gasteiger charge is 2.18. The van der Waals surface area contributed by atoms with Crippen LogP contribution in [0.25, 0.3) is 11.4 Å². The Bertz CT molecular complexity index is 917. The summed E-state index contributed by atoms with van der Waals surface area (Å²) in [6.07, 6.45) is 3.48. The second-order valence-electron chi connectivity index (χ2n) is 6.68. The zero-order valence-electron chi connectivity index (χ0n) is 16.2. The van der Waals surface area contributed by atoms with Gasteiger partial charge in [-0.3, -0.25) is 9.78 Å². The number of benzene rings is 1. The summed E-state index contributed by atoms with van der Waals surface area (Å²) in [5, 5.41) is 6.67. The number of nitrogens with two attached hydrogens (primary N) is 1. The molecule has 3 aromatic rings. The van der Waals surface area contributed by atoms with Gasteiger partial charge in [0.25, 0.3) is 0 Å². The van der Waals surface area contributed by atoms with E-state index in [-0.39, 0.29) is 30.8 Å². The molecule has 8 nitrogen and oxygen atoms in total. The van der Waals surface area contributed by atoms with E-state index in [1.54, 1.807) is 12.4 Å². The number of halogens is 1. The molecular formula is C20H24ClN5O3. The smallest absolute Gasteiger partial charge is 0.246 e.